The molecule has 0 unspecified atom stereocenters. The van der Waals surface area contributed by atoms with Crippen LogP contribution in [0.5, 0.6) is 11.5 Å². The maximum atomic E-state index is 6.06. The first-order chi connectivity index (χ1) is 8.88. The molecule has 0 radical (unpaired) electrons. The monoisotopic (exact) mass is 319 g/mol. The summed E-state index contributed by atoms with van der Waals surface area (Å²) in [4.78, 5) is 4.05. The predicted molar refractivity (Wildman–Crippen MR) is 81.9 cm³/mol. The van der Waals surface area contributed by atoms with Gasteiger partial charge in [-0.05, 0) is 39.9 Å². The van der Waals surface area contributed by atoms with Crippen molar-refractivity contribution in [1.82, 2.24) is 4.98 Å². The van der Waals surface area contributed by atoms with Crippen molar-refractivity contribution in [2.24, 2.45) is 0 Å². The Bertz CT molecular complexity index is 588. The summed E-state index contributed by atoms with van der Waals surface area (Å²) >= 11 is 3.46. The highest BCUT2D eigenvalue weighted by atomic mass is 79.9. The van der Waals surface area contributed by atoms with Crippen molar-refractivity contribution in [1.29, 1.82) is 0 Å². The maximum Gasteiger partial charge on any atom is 0.144 e. The largest absolute Gasteiger partial charge is 0.456 e. The zero-order valence-corrected chi connectivity index (χ0v) is 13.3. The average Bonchev–Trinajstić information content (AvgIpc) is 2.30. The second-order valence-electron chi connectivity index (χ2n) is 5.66. The van der Waals surface area contributed by atoms with Gasteiger partial charge in [0.1, 0.15) is 11.5 Å². The van der Waals surface area contributed by atoms with Gasteiger partial charge in [-0.2, -0.15) is 0 Å². The Morgan fingerprint density at radius 2 is 1.84 bits per heavy atom. The van der Waals surface area contributed by atoms with Gasteiger partial charge in [-0.3, -0.25) is 4.98 Å². The van der Waals surface area contributed by atoms with Crippen LogP contribution in [0, 0.1) is 6.92 Å². The normalized spacial score (nSPS) is 11.4. The van der Waals surface area contributed by atoms with E-state index < -0.39 is 0 Å². The van der Waals surface area contributed by atoms with Crippen LogP contribution in [0.2, 0.25) is 0 Å². The van der Waals surface area contributed by atoms with Gasteiger partial charge in [0.15, 0.2) is 0 Å². The SMILES string of the molecule is Cc1ccc(C(C)(C)C)c(Oc2ccncc2Br)c1. The molecule has 1 aromatic carbocycles. The van der Waals surface area contributed by atoms with Gasteiger partial charge in [-0.15, -0.1) is 0 Å². The van der Waals surface area contributed by atoms with Crippen molar-refractivity contribution in [2.75, 3.05) is 0 Å². The number of rotatable bonds is 2. The molecule has 0 saturated carbocycles. The minimum atomic E-state index is 0.0442. The minimum Gasteiger partial charge on any atom is -0.456 e. The topological polar surface area (TPSA) is 22.1 Å². The molecule has 19 heavy (non-hydrogen) atoms. The lowest BCUT2D eigenvalue weighted by molar-refractivity contribution is 0.452. The van der Waals surface area contributed by atoms with Gasteiger partial charge in [-0.1, -0.05) is 32.9 Å². The summed E-state index contributed by atoms with van der Waals surface area (Å²) in [6, 6.07) is 8.20. The fourth-order valence-corrected chi connectivity index (χ4v) is 2.23. The maximum absolute atomic E-state index is 6.06. The second-order valence-corrected chi connectivity index (χ2v) is 6.51. The molecule has 2 aromatic rings. The summed E-state index contributed by atoms with van der Waals surface area (Å²) in [5, 5.41) is 0. The van der Waals surface area contributed by atoms with E-state index in [0.717, 1.165) is 16.0 Å². The number of aromatic nitrogens is 1. The molecular formula is C16H18BrNO. The molecule has 0 saturated heterocycles. The van der Waals surface area contributed by atoms with E-state index in [9.17, 15) is 0 Å². The Kier molecular flexibility index (Phi) is 3.95. The molecule has 0 bridgehead atoms. The summed E-state index contributed by atoms with van der Waals surface area (Å²) in [5.41, 5.74) is 2.43. The first-order valence-electron chi connectivity index (χ1n) is 6.26. The molecule has 2 rings (SSSR count). The Hall–Kier alpha value is -1.35. The second kappa shape index (κ2) is 5.33. The quantitative estimate of drug-likeness (QED) is 0.754. The molecule has 0 aliphatic rings. The van der Waals surface area contributed by atoms with Crippen LogP contribution in [0.4, 0.5) is 0 Å². The molecule has 1 aromatic heterocycles. The fraction of sp³-hybridized carbons (Fsp3) is 0.312. The van der Waals surface area contributed by atoms with Gasteiger partial charge in [0, 0.05) is 24.0 Å². The zero-order chi connectivity index (χ0) is 14.0. The summed E-state index contributed by atoms with van der Waals surface area (Å²) in [7, 11) is 0. The number of hydrogen-bond acceptors (Lipinski definition) is 2. The number of aryl methyl sites for hydroxylation is 1. The van der Waals surface area contributed by atoms with Gasteiger partial charge >= 0.3 is 0 Å². The van der Waals surface area contributed by atoms with Crippen LogP contribution in [0.3, 0.4) is 0 Å². The summed E-state index contributed by atoms with van der Waals surface area (Å²) in [6.07, 6.45) is 3.47. The molecule has 0 N–H and O–H groups in total. The van der Waals surface area contributed by atoms with Crippen molar-refractivity contribution in [3.63, 3.8) is 0 Å². The number of halogens is 1. The van der Waals surface area contributed by atoms with E-state index in [4.69, 9.17) is 4.74 Å². The van der Waals surface area contributed by atoms with E-state index in [1.165, 1.54) is 11.1 Å². The molecule has 0 spiro atoms. The van der Waals surface area contributed by atoms with Gasteiger partial charge in [-0.25, -0.2) is 0 Å². The third kappa shape index (κ3) is 3.35. The van der Waals surface area contributed by atoms with Crippen molar-refractivity contribution in [2.45, 2.75) is 33.1 Å². The lowest BCUT2D eigenvalue weighted by Crippen LogP contribution is -2.12. The van der Waals surface area contributed by atoms with Crippen LogP contribution in [0.15, 0.2) is 41.1 Å². The van der Waals surface area contributed by atoms with Crippen molar-refractivity contribution in [3.05, 3.63) is 52.3 Å². The molecular weight excluding hydrogens is 302 g/mol. The number of hydrogen-bond donors (Lipinski definition) is 0. The van der Waals surface area contributed by atoms with Crippen LogP contribution in [0.25, 0.3) is 0 Å². The third-order valence-corrected chi connectivity index (χ3v) is 3.50. The number of benzene rings is 1. The molecule has 0 atom stereocenters. The number of pyridine rings is 1. The van der Waals surface area contributed by atoms with E-state index in [2.05, 4.69) is 66.8 Å². The first-order valence-corrected chi connectivity index (χ1v) is 7.06. The highest BCUT2D eigenvalue weighted by molar-refractivity contribution is 9.10. The Morgan fingerprint density at radius 1 is 1.11 bits per heavy atom. The van der Waals surface area contributed by atoms with Crippen molar-refractivity contribution in [3.8, 4) is 11.5 Å². The van der Waals surface area contributed by atoms with Crippen LogP contribution in [-0.4, -0.2) is 4.98 Å². The van der Waals surface area contributed by atoms with Gasteiger partial charge < -0.3 is 4.74 Å². The third-order valence-electron chi connectivity index (χ3n) is 2.90. The molecule has 1 heterocycles. The Morgan fingerprint density at radius 3 is 2.47 bits per heavy atom. The van der Waals surface area contributed by atoms with E-state index >= 15 is 0 Å². The summed E-state index contributed by atoms with van der Waals surface area (Å²) < 4.78 is 6.92. The van der Waals surface area contributed by atoms with Crippen LogP contribution in [-0.2, 0) is 5.41 Å². The summed E-state index contributed by atoms with van der Waals surface area (Å²) in [5.74, 6) is 1.69. The van der Waals surface area contributed by atoms with E-state index in [0.29, 0.717) is 0 Å². The molecule has 0 amide bonds. The van der Waals surface area contributed by atoms with Gasteiger partial charge in [0.05, 0.1) is 4.47 Å². The molecule has 2 nitrogen and oxygen atoms in total. The van der Waals surface area contributed by atoms with E-state index in [1.54, 1.807) is 12.4 Å². The smallest absolute Gasteiger partial charge is 0.144 e. The minimum absolute atomic E-state index is 0.0442. The Balaban J connectivity index is 2.45. The number of nitrogens with zero attached hydrogens (tertiary/aromatic N) is 1. The lowest BCUT2D eigenvalue weighted by atomic mass is 9.86. The van der Waals surface area contributed by atoms with Crippen LogP contribution < -0.4 is 4.74 Å². The molecule has 0 aliphatic heterocycles. The molecule has 3 heteroatoms. The van der Waals surface area contributed by atoms with Gasteiger partial charge in [0.2, 0.25) is 0 Å². The van der Waals surface area contributed by atoms with Gasteiger partial charge in [0.25, 0.3) is 0 Å². The fourth-order valence-electron chi connectivity index (χ4n) is 1.90. The highest BCUT2D eigenvalue weighted by Gasteiger charge is 2.19. The predicted octanol–water partition coefficient (Wildman–Crippen LogP) is 5.24. The zero-order valence-electron chi connectivity index (χ0n) is 11.7. The molecule has 0 aliphatic carbocycles. The van der Waals surface area contributed by atoms with E-state index in [1.807, 2.05) is 6.07 Å². The average molecular weight is 320 g/mol. The van der Waals surface area contributed by atoms with Crippen molar-refractivity contribution < 1.29 is 4.74 Å². The van der Waals surface area contributed by atoms with E-state index in [-0.39, 0.29) is 5.41 Å². The highest BCUT2D eigenvalue weighted by Crippen LogP contribution is 2.36. The standard InChI is InChI=1S/C16H18BrNO/c1-11-5-6-12(16(2,3)4)15(9-11)19-14-7-8-18-10-13(14)17/h5-10H,1-4H3. The van der Waals surface area contributed by atoms with Crippen LogP contribution >= 0.6 is 15.9 Å². The first kappa shape index (κ1) is 14.1. The lowest BCUT2D eigenvalue weighted by Gasteiger charge is -2.23. The Labute approximate surface area is 123 Å². The summed E-state index contributed by atoms with van der Waals surface area (Å²) in [6.45, 7) is 8.63. The van der Waals surface area contributed by atoms with Crippen LogP contribution in [0.1, 0.15) is 31.9 Å². The molecule has 100 valence electrons. The molecule has 0 fully saturated rings. The van der Waals surface area contributed by atoms with Crippen molar-refractivity contribution >= 4 is 15.9 Å². The number of ether oxygens (including phenoxy) is 1.